The molecule has 10 nitrogen and oxygen atoms in total. The third-order valence-electron chi connectivity index (χ3n) is 5.56. The lowest BCUT2D eigenvalue weighted by Gasteiger charge is -2.22. The second-order valence-corrected chi connectivity index (χ2v) is 13.4. The summed E-state index contributed by atoms with van der Waals surface area (Å²) < 4.78 is 16.4. The zero-order valence-corrected chi connectivity index (χ0v) is 26.7. The first kappa shape index (κ1) is 31.8. The Morgan fingerprint density at radius 2 is 1.44 bits per heavy atom. The van der Waals surface area contributed by atoms with Crippen LogP contribution in [0, 0.1) is 0 Å². The third kappa shape index (κ3) is 8.91. The summed E-state index contributed by atoms with van der Waals surface area (Å²) in [5.74, 6) is -1.08. The molecule has 226 valence electrons. The van der Waals surface area contributed by atoms with Crippen molar-refractivity contribution in [3.63, 3.8) is 0 Å². The zero-order chi connectivity index (χ0) is 31.4. The van der Waals surface area contributed by atoms with Gasteiger partial charge in [0, 0.05) is 10.8 Å². The lowest BCUT2D eigenvalue weighted by atomic mass is 10.1. The van der Waals surface area contributed by atoms with E-state index in [9.17, 15) is 14.4 Å². The van der Waals surface area contributed by atoms with E-state index in [4.69, 9.17) is 19.2 Å². The van der Waals surface area contributed by atoms with Crippen LogP contribution in [0.4, 0.5) is 4.79 Å². The topological polar surface area (TPSA) is 130 Å². The number of nitrogens with one attached hydrogen (secondary N) is 1. The number of aromatic nitrogens is 3. The summed E-state index contributed by atoms with van der Waals surface area (Å²) in [7, 11) is 0. The largest absolute Gasteiger partial charge is 0.457 e. The van der Waals surface area contributed by atoms with E-state index in [0.29, 0.717) is 27.1 Å². The molecule has 3 heterocycles. The third-order valence-corrected chi connectivity index (χ3v) is 7.29. The van der Waals surface area contributed by atoms with Crippen LogP contribution in [0.5, 0.6) is 0 Å². The van der Waals surface area contributed by atoms with Crippen LogP contribution in [0.1, 0.15) is 86.6 Å². The number of hydrogen-bond donors (Lipinski definition) is 1. The van der Waals surface area contributed by atoms with Crippen molar-refractivity contribution in [2.24, 2.45) is 0 Å². The zero-order valence-electron chi connectivity index (χ0n) is 25.1. The van der Waals surface area contributed by atoms with Gasteiger partial charge in [0.1, 0.15) is 33.5 Å². The Morgan fingerprint density at radius 3 is 2.12 bits per heavy atom. The Morgan fingerprint density at radius 1 is 0.791 bits per heavy atom. The van der Waals surface area contributed by atoms with Gasteiger partial charge in [0.25, 0.3) is 0 Å². The molecule has 1 aromatic carbocycles. The fourth-order valence-electron chi connectivity index (χ4n) is 3.76. The van der Waals surface area contributed by atoms with Gasteiger partial charge in [0.2, 0.25) is 0 Å². The summed E-state index contributed by atoms with van der Waals surface area (Å²) >= 11 is 2.62. The van der Waals surface area contributed by atoms with E-state index in [1.807, 2.05) is 35.7 Å². The average molecular weight is 623 g/mol. The van der Waals surface area contributed by atoms with Gasteiger partial charge in [-0.1, -0.05) is 30.3 Å². The summed E-state index contributed by atoms with van der Waals surface area (Å²) in [5, 5.41) is 7.34. The standard InChI is InChI=1S/C31H34N4O6S2/c1-18(32-29(38)41-31(5,6)7)24-20(27(36)39-15-19-11-9-8-10-12-19)13-14-21(33-24)25-34-22(16-42-25)26-35-23(17-43-26)28(37)40-30(2,3)4/h8-14,16-18H,15H2,1-7H3,(H,32,38)/t18-/m1/s1. The summed E-state index contributed by atoms with van der Waals surface area (Å²) in [6, 6.07) is 11.9. The highest BCUT2D eigenvalue weighted by Crippen LogP contribution is 2.32. The summed E-state index contributed by atoms with van der Waals surface area (Å²) in [6.45, 7) is 12.5. The van der Waals surface area contributed by atoms with E-state index in [1.54, 1.807) is 66.0 Å². The van der Waals surface area contributed by atoms with Crippen molar-refractivity contribution in [2.75, 3.05) is 0 Å². The molecule has 0 saturated heterocycles. The number of carbonyl (C=O) groups excluding carboxylic acids is 3. The number of esters is 2. The maximum atomic E-state index is 13.2. The van der Waals surface area contributed by atoms with Crippen LogP contribution in [0.3, 0.4) is 0 Å². The number of nitrogens with zero attached hydrogens (tertiary/aromatic N) is 3. The molecule has 4 rings (SSSR count). The quantitative estimate of drug-likeness (QED) is 0.160. The minimum Gasteiger partial charge on any atom is -0.457 e. The highest BCUT2D eigenvalue weighted by Gasteiger charge is 2.25. The van der Waals surface area contributed by atoms with Gasteiger partial charge >= 0.3 is 18.0 Å². The molecular weight excluding hydrogens is 588 g/mol. The van der Waals surface area contributed by atoms with Gasteiger partial charge < -0.3 is 19.5 Å². The summed E-state index contributed by atoms with van der Waals surface area (Å²) in [4.78, 5) is 52.0. The second-order valence-electron chi connectivity index (χ2n) is 11.6. The molecule has 4 aromatic rings. The van der Waals surface area contributed by atoms with Gasteiger partial charge in [-0.25, -0.2) is 29.3 Å². The van der Waals surface area contributed by atoms with E-state index in [-0.39, 0.29) is 17.9 Å². The van der Waals surface area contributed by atoms with Gasteiger partial charge in [-0.05, 0) is 66.2 Å². The van der Waals surface area contributed by atoms with Crippen molar-refractivity contribution in [1.29, 1.82) is 0 Å². The predicted octanol–water partition coefficient (Wildman–Crippen LogP) is 7.23. The molecule has 3 aromatic heterocycles. The molecular formula is C31H34N4O6S2. The molecule has 0 aliphatic heterocycles. The fourth-order valence-corrected chi connectivity index (χ4v) is 5.35. The minimum atomic E-state index is -0.701. The van der Waals surface area contributed by atoms with Crippen LogP contribution in [0.15, 0.2) is 53.2 Å². The Labute approximate surface area is 258 Å². The molecule has 43 heavy (non-hydrogen) atoms. The lowest BCUT2D eigenvalue weighted by molar-refractivity contribution is 0.00632. The molecule has 12 heteroatoms. The van der Waals surface area contributed by atoms with E-state index >= 15 is 0 Å². The molecule has 0 radical (unpaired) electrons. The Balaban J connectivity index is 1.60. The van der Waals surface area contributed by atoms with Crippen LogP contribution in [-0.2, 0) is 20.8 Å². The Bertz CT molecular complexity index is 1600. The minimum absolute atomic E-state index is 0.0870. The number of hydrogen-bond acceptors (Lipinski definition) is 11. The predicted molar refractivity (Wildman–Crippen MR) is 165 cm³/mol. The number of thiazole rings is 2. The van der Waals surface area contributed by atoms with Gasteiger partial charge in [-0.15, -0.1) is 22.7 Å². The summed E-state index contributed by atoms with van der Waals surface area (Å²) in [6.07, 6.45) is -0.642. The monoisotopic (exact) mass is 622 g/mol. The smallest absolute Gasteiger partial charge is 0.408 e. The number of carbonyl (C=O) groups is 3. The van der Waals surface area contributed by atoms with Crippen LogP contribution < -0.4 is 5.32 Å². The van der Waals surface area contributed by atoms with Crippen molar-refractivity contribution in [2.45, 2.75) is 72.3 Å². The fraction of sp³-hybridized carbons (Fsp3) is 0.355. The van der Waals surface area contributed by atoms with Crippen molar-refractivity contribution in [3.8, 4) is 21.4 Å². The van der Waals surface area contributed by atoms with E-state index in [2.05, 4.69) is 15.3 Å². The number of alkyl carbamates (subject to hydrolysis) is 1. The van der Waals surface area contributed by atoms with Gasteiger partial charge in [-0.2, -0.15) is 0 Å². The molecule has 0 fully saturated rings. The number of benzene rings is 1. The van der Waals surface area contributed by atoms with E-state index in [0.717, 1.165) is 5.56 Å². The molecule has 0 aliphatic rings. The molecule has 1 N–H and O–H groups in total. The van der Waals surface area contributed by atoms with Crippen molar-refractivity contribution in [1.82, 2.24) is 20.3 Å². The lowest BCUT2D eigenvalue weighted by Crippen LogP contribution is -2.35. The van der Waals surface area contributed by atoms with Crippen molar-refractivity contribution >= 4 is 40.7 Å². The molecule has 0 unspecified atom stereocenters. The number of amides is 1. The van der Waals surface area contributed by atoms with Crippen LogP contribution in [0.25, 0.3) is 21.4 Å². The second kappa shape index (κ2) is 13.0. The Kier molecular flexibility index (Phi) is 9.61. The van der Waals surface area contributed by atoms with Gasteiger partial charge in [0.05, 0.1) is 23.0 Å². The maximum Gasteiger partial charge on any atom is 0.408 e. The van der Waals surface area contributed by atoms with Gasteiger partial charge in [0.15, 0.2) is 5.69 Å². The number of ether oxygens (including phenoxy) is 3. The molecule has 0 aliphatic carbocycles. The van der Waals surface area contributed by atoms with Crippen LogP contribution in [-0.4, -0.2) is 44.2 Å². The molecule has 1 amide bonds. The SMILES string of the molecule is C[C@@H](NC(=O)OC(C)(C)C)c1nc(-c2nc(-c3nc(C(=O)OC(C)(C)C)cs3)cs2)ccc1C(=O)OCc1ccccc1. The first-order chi connectivity index (χ1) is 20.2. The Hall–Kier alpha value is -4.16. The first-order valence-corrected chi connectivity index (χ1v) is 15.3. The first-order valence-electron chi connectivity index (χ1n) is 13.5. The molecule has 0 saturated carbocycles. The molecule has 0 bridgehead atoms. The van der Waals surface area contributed by atoms with E-state index < -0.39 is 35.3 Å². The maximum absolute atomic E-state index is 13.2. The number of rotatable bonds is 8. The van der Waals surface area contributed by atoms with Crippen LogP contribution in [0.2, 0.25) is 0 Å². The van der Waals surface area contributed by atoms with Crippen LogP contribution >= 0.6 is 22.7 Å². The highest BCUT2D eigenvalue weighted by molar-refractivity contribution is 7.15. The molecule has 1 atom stereocenters. The van der Waals surface area contributed by atoms with E-state index in [1.165, 1.54) is 22.7 Å². The average Bonchev–Trinajstić information content (AvgIpc) is 3.60. The van der Waals surface area contributed by atoms with Gasteiger partial charge in [-0.3, -0.25) is 0 Å². The van der Waals surface area contributed by atoms with Crippen molar-refractivity contribution < 1.29 is 28.6 Å². The highest BCUT2D eigenvalue weighted by atomic mass is 32.1. The normalized spacial score (nSPS) is 12.3. The molecule has 0 spiro atoms. The number of pyridine rings is 1. The summed E-state index contributed by atoms with van der Waals surface area (Å²) in [5.41, 5.74) is 1.31. The van der Waals surface area contributed by atoms with Crippen molar-refractivity contribution in [3.05, 3.63) is 75.7 Å².